The quantitative estimate of drug-likeness (QED) is 0.384. The summed E-state index contributed by atoms with van der Waals surface area (Å²) < 4.78 is 0. The molecule has 0 N–H and O–H groups in total. The van der Waals surface area contributed by atoms with Crippen molar-refractivity contribution >= 4 is 27.7 Å². The van der Waals surface area contributed by atoms with Crippen LogP contribution in [0.4, 0.5) is 0 Å². The molecule has 0 bridgehead atoms. The van der Waals surface area contributed by atoms with Crippen LogP contribution >= 0.6 is 0 Å². The van der Waals surface area contributed by atoms with Crippen molar-refractivity contribution in [2.45, 2.75) is 0 Å². The second kappa shape index (κ2) is 8.89. The Balaban J connectivity index is 1.39. The molecule has 6 heteroatoms. The van der Waals surface area contributed by atoms with Gasteiger partial charge in [-0.3, -0.25) is 9.78 Å². The number of piperazine rings is 1. The number of fused-ring (bicyclic) bond motifs is 2. The highest BCUT2D eigenvalue weighted by molar-refractivity contribution is 5.99. The maximum Gasteiger partial charge on any atom is 0.253 e. The molecule has 0 spiro atoms. The molecule has 0 radical (unpaired) electrons. The van der Waals surface area contributed by atoms with Gasteiger partial charge in [0.25, 0.3) is 5.91 Å². The molecule has 5 aromatic rings. The molecule has 0 atom stereocenters. The summed E-state index contributed by atoms with van der Waals surface area (Å²) in [5.74, 6) is 0.0706. The third-order valence-corrected chi connectivity index (χ3v) is 6.73. The highest BCUT2D eigenvalue weighted by Gasteiger charge is 2.21. The van der Waals surface area contributed by atoms with Crippen LogP contribution < -0.4 is 0 Å². The van der Waals surface area contributed by atoms with Crippen LogP contribution in [0.15, 0.2) is 85.3 Å². The van der Waals surface area contributed by atoms with Gasteiger partial charge in [0, 0.05) is 59.8 Å². The maximum absolute atomic E-state index is 13.2. The molecule has 0 saturated carbocycles. The van der Waals surface area contributed by atoms with Crippen LogP contribution in [-0.2, 0) is 0 Å². The molecule has 1 amide bonds. The average molecular weight is 460 g/mol. The Morgan fingerprint density at radius 1 is 0.743 bits per heavy atom. The summed E-state index contributed by atoms with van der Waals surface area (Å²) in [5, 5.41) is 2.05. The third-order valence-electron chi connectivity index (χ3n) is 6.73. The second-order valence-electron chi connectivity index (χ2n) is 9.05. The SMILES string of the molecule is CN1CCN(C(=O)c2cccc(-c3ncnc4ccc(-c5cnc6ccccc6c5)cc34)c2)CC1. The van der Waals surface area contributed by atoms with E-state index in [9.17, 15) is 4.79 Å². The van der Waals surface area contributed by atoms with Crippen LogP contribution in [-0.4, -0.2) is 63.9 Å². The van der Waals surface area contributed by atoms with Crippen LogP contribution in [0, 0.1) is 0 Å². The smallest absolute Gasteiger partial charge is 0.253 e. The lowest BCUT2D eigenvalue weighted by atomic mass is 9.99. The number of amides is 1. The first-order valence-electron chi connectivity index (χ1n) is 11.8. The molecule has 0 aliphatic carbocycles. The van der Waals surface area contributed by atoms with E-state index in [1.54, 1.807) is 6.33 Å². The molecular formula is C29H25N5O. The van der Waals surface area contributed by atoms with Crippen molar-refractivity contribution in [1.82, 2.24) is 24.8 Å². The zero-order chi connectivity index (χ0) is 23.8. The number of rotatable bonds is 3. The van der Waals surface area contributed by atoms with Crippen molar-refractivity contribution in [3.05, 3.63) is 90.9 Å². The number of hydrogen-bond donors (Lipinski definition) is 0. The fraction of sp³-hybridized carbons (Fsp3) is 0.172. The minimum absolute atomic E-state index is 0.0706. The first-order valence-corrected chi connectivity index (χ1v) is 11.8. The molecule has 1 aliphatic rings. The zero-order valence-electron chi connectivity index (χ0n) is 19.6. The number of carbonyl (C=O) groups excluding carboxylic acids is 1. The Morgan fingerprint density at radius 3 is 2.49 bits per heavy atom. The van der Waals surface area contributed by atoms with E-state index in [1.165, 1.54) is 0 Å². The molecule has 35 heavy (non-hydrogen) atoms. The predicted molar refractivity (Wildman–Crippen MR) is 139 cm³/mol. The average Bonchev–Trinajstić information content (AvgIpc) is 2.92. The Labute approximate surface area is 203 Å². The van der Waals surface area contributed by atoms with Gasteiger partial charge in [-0.2, -0.15) is 0 Å². The number of benzene rings is 3. The van der Waals surface area contributed by atoms with E-state index >= 15 is 0 Å². The van der Waals surface area contributed by atoms with E-state index in [0.29, 0.717) is 5.56 Å². The van der Waals surface area contributed by atoms with Crippen molar-refractivity contribution < 1.29 is 4.79 Å². The zero-order valence-corrected chi connectivity index (χ0v) is 19.6. The predicted octanol–water partition coefficient (Wildman–Crippen LogP) is 4.90. The van der Waals surface area contributed by atoms with Gasteiger partial charge in [0.1, 0.15) is 6.33 Å². The Morgan fingerprint density at radius 2 is 1.60 bits per heavy atom. The molecule has 6 nitrogen and oxygen atoms in total. The summed E-state index contributed by atoms with van der Waals surface area (Å²) in [6.45, 7) is 3.29. The summed E-state index contributed by atoms with van der Waals surface area (Å²) in [6, 6.07) is 24.2. The van der Waals surface area contributed by atoms with E-state index in [-0.39, 0.29) is 5.91 Å². The van der Waals surface area contributed by atoms with Gasteiger partial charge in [-0.05, 0) is 49.0 Å². The first-order chi connectivity index (χ1) is 17.2. The lowest BCUT2D eigenvalue weighted by Crippen LogP contribution is -2.47. The maximum atomic E-state index is 13.2. The van der Waals surface area contributed by atoms with Crippen molar-refractivity contribution in [1.29, 1.82) is 0 Å². The van der Waals surface area contributed by atoms with Crippen molar-refractivity contribution in [3.63, 3.8) is 0 Å². The lowest BCUT2D eigenvalue weighted by molar-refractivity contribution is 0.0664. The largest absolute Gasteiger partial charge is 0.336 e. The van der Waals surface area contributed by atoms with Crippen molar-refractivity contribution in [2.24, 2.45) is 0 Å². The summed E-state index contributed by atoms with van der Waals surface area (Å²) in [7, 11) is 2.09. The lowest BCUT2D eigenvalue weighted by Gasteiger charge is -2.32. The normalized spacial score (nSPS) is 14.5. The standard InChI is InChI=1S/C29H25N5O/c1-33-11-13-34(14-12-33)29(35)23-7-4-6-22(16-23)28-25-17-20(9-10-27(25)31-19-32-28)24-15-21-5-2-3-8-26(21)30-18-24/h2-10,15-19H,11-14H2,1H3. The number of aromatic nitrogens is 3. The monoisotopic (exact) mass is 459 g/mol. The number of likely N-dealkylation sites (N-methyl/N-ethyl adjacent to an activating group) is 1. The van der Waals surface area contributed by atoms with Crippen LogP contribution in [0.25, 0.3) is 44.2 Å². The molecule has 6 rings (SSSR count). The molecule has 3 heterocycles. The van der Waals surface area contributed by atoms with Gasteiger partial charge in [0.2, 0.25) is 0 Å². The summed E-state index contributed by atoms with van der Waals surface area (Å²) in [5.41, 5.74) is 6.35. The molecule has 2 aromatic heterocycles. The van der Waals surface area contributed by atoms with Crippen LogP contribution in [0.2, 0.25) is 0 Å². The van der Waals surface area contributed by atoms with E-state index in [4.69, 9.17) is 0 Å². The summed E-state index contributed by atoms with van der Waals surface area (Å²) >= 11 is 0. The molecule has 0 unspecified atom stereocenters. The molecule has 172 valence electrons. The van der Waals surface area contributed by atoms with Crippen LogP contribution in [0.5, 0.6) is 0 Å². The first kappa shape index (κ1) is 21.4. The Hall–Kier alpha value is -4.16. The van der Waals surface area contributed by atoms with Crippen molar-refractivity contribution in [2.75, 3.05) is 33.2 Å². The van der Waals surface area contributed by atoms with Gasteiger partial charge in [-0.25, -0.2) is 9.97 Å². The highest BCUT2D eigenvalue weighted by Crippen LogP contribution is 2.31. The van der Waals surface area contributed by atoms with E-state index in [1.807, 2.05) is 59.6 Å². The number of nitrogens with zero attached hydrogens (tertiary/aromatic N) is 5. The number of pyridine rings is 1. The summed E-state index contributed by atoms with van der Waals surface area (Å²) in [6.07, 6.45) is 3.49. The van der Waals surface area contributed by atoms with Gasteiger partial charge in [0.15, 0.2) is 0 Å². The Kier molecular flexibility index (Phi) is 5.43. The van der Waals surface area contributed by atoms with Gasteiger partial charge < -0.3 is 9.80 Å². The van der Waals surface area contributed by atoms with Gasteiger partial charge in [0.05, 0.1) is 16.7 Å². The molecule has 1 aliphatic heterocycles. The minimum Gasteiger partial charge on any atom is -0.336 e. The number of carbonyl (C=O) groups is 1. The highest BCUT2D eigenvalue weighted by atomic mass is 16.2. The number of hydrogen-bond acceptors (Lipinski definition) is 5. The van der Waals surface area contributed by atoms with Crippen molar-refractivity contribution in [3.8, 4) is 22.4 Å². The van der Waals surface area contributed by atoms with E-state index < -0.39 is 0 Å². The molecule has 1 fully saturated rings. The summed E-state index contributed by atoms with van der Waals surface area (Å²) in [4.78, 5) is 31.1. The molecule has 3 aromatic carbocycles. The molecular weight excluding hydrogens is 434 g/mol. The topological polar surface area (TPSA) is 62.2 Å². The van der Waals surface area contributed by atoms with Gasteiger partial charge >= 0.3 is 0 Å². The Bertz CT molecular complexity index is 1560. The van der Waals surface area contributed by atoms with Gasteiger partial charge in [-0.1, -0.05) is 36.4 Å². The molecule has 1 saturated heterocycles. The van der Waals surface area contributed by atoms with E-state index in [0.717, 1.165) is 70.4 Å². The van der Waals surface area contributed by atoms with E-state index in [2.05, 4.69) is 51.2 Å². The minimum atomic E-state index is 0.0706. The van der Waals surface area contributed by atoms with Gasteiger partial charge in [-0.15, -0.1) is 0 Å². The van der Waals surface area contributed by atoms with Crippen LogP contribution in [0.3, 0.4) is 0 Å². The number of para-hydroxylation sites is 1. The second-order valence-corrected chi connectivity index (χ2v) is 9.05. The third kappa shape index (κ3) is 4.13. The fourth-order valence-electron chi connectivity index (χ4n) is 4.69. The fourth-order valence-corrected chi connectivity index (χ4v) is 4.69. The van der Waals surface area contributed by atoms with Crippen LogP contribution in [0.1, 0.15) is 10.4 Å².